The Hall–Kier alpha value is -0.880. The molecule has 0 aliphatic heterocycles. The van der Waals surface area contributed by atoms with E-state index in [0.29, 0.717) is 19.0 Å². The van der Waals surface area contributed by atoms with Gasteiger partial charge in [0.15, 0.2) is 9.84 Å². The van der Waals surface area contributed by atoms with Gasteiger partial charge >= 0.3 is 0 Å². The molecule has 1 aromatic heterocycles. The van der Waals surface area contributed by atoms with Crippen LogP contribution in [0.2, 0.25) is 0 Å². The van der Waals surface area contributed by atoms with E-state index in [9.17, 15) is 8.42 Å². The van der Waals surface area contributed by atoms with E-state index in [-0.39, 0.29) is 11.0 Å². The van der Waals surface area contributed by atoms with Gasteiger partial charge in [-0.3, -0.25) is 0 Å². The Morgan fingerprint density at radius 1 is 1.50 bits per heavy atom. The summed E-state index contributed by atoms with van der Waals surface area (Å²) >= 11 is 0. The first-order valence-electron chi connectivity index (χ1n) is 5.25. The molecule has 0 radical (unpaired) electrons. The third-order valence-corrected chi connectivity index (χ3v) is 4.44. The van der Waals surface area contributed by atoms with E-state index >= 15 is 0 Å². The molecule has 0 aromatic carbocycles. The van der Waals surface area contributed by atoms with Crippen LogP contribution in [-0.4, -0.2) is 30.9 Å². The fraction of sp³-hybridized carbons (Fsp3) is 0.700. The molecule has 1 N–H and O–H groups in total. The van der Waals surface area contributed by atoms with Gasteiger partial charge in [0.05, 0.1) is 23.7 Å². The molecule has 0 aliphatic carbocycles. The maximum atomic E-state index is 11.5. The van der Waals surface area contributed by atoms with Gasteiger partial charge in [-0.1, -0.05) is 0 Å². The fourth-order valence-electron chi connectivity index (χ4n) is 1.13. The Kier molecular flexibility index (Phi) is 4.49. The molecule has 1 heterocycles. The minimum absolute atomic E-state index is 0.143. The van der Waals surface area contributed by atoms with Crippen LogP contribution >= 0.6 is 0 Å². The Morgan fingerprint density at radius 2 is 2.19 bits per heavy atom. The van der Waals surface area contributed by atoms with E-state index in [0.717, 1.165) is 5.76 Å². The number of aromatic nitrogens is 1. The number of hydrogen-bond donors (Lipinski definition) is 1. The monoisotopic (exact) mass is 246 g/mol. The Balaban J connectivity index is 2.27. The summed E-state index contributed by atoms with van der Waals surface area (Å²) < 4.78 is 28.2. The lowest BCUT2D eigenvalue weighted by atomic mass is 10.6. The molecule has 0 aliphatic rings. The predicted octanol–water partition coefficient (Wildman–Crippen LogP) is 0.896. The summed E-state index contributed by atoms with van der Waals surface area (Å²) in [5.41, 5.74) is 0. The first-order valence-corrected chi connectivity index (χ1v) is 6.97. The number of nitrogens with one attached hydrogen (secondary N) is 1. The molecule has 0 amide bonds. The predicted molar refractivity (Wildman–Crippen MR) is 61.9 cm³/mol. The Labute approximate surface area is 96.2 Å². The van der Waals surface area contributed by atoms with Crippen LogP contribution in [0.1, 0.15) is 25.5 Å². The first kappa shape index (κ1) is 13.2. The van der Waals surface area contributed by atoms with Gasteiger partial charge in [0, 0.05) is 6.54 Å². The van der Waals surface area contributed by atoms with Gasteiger partial charge < -0.3 is 9.73 Å². The zero-order valence-corrected chi connectivity index (χ0v) is 10.7. The van der Waals surface area contributed by atoms with E-state index in [4.69, 9.17) is 4.42 Å². The smallest absolute Gasteiger partial charge is 0.208 e. The molecule has 0 saturated heterocycles. The molecule has 16 heavy (non-hydrogen) atoms. The molecular formula is C10H18N2O3S. The summed E-state index contributed by atoms with van der Waals surface area (Å²) in [5, 5.41) is 2.67. The molecule has 0 saturated carbocycles. The lowest BCUT2D eigenvalue weighted by molar-refractivity contribution is 0.452. The average molecular weight is 246 g/mol. The summed E-state index contributed by atoms with van der Waals surface area (Å²) in [7, 11) is -2.96. The van der Waals surface area contributed by atoms with Crippen LogP contribution in [0.25, 0.3) is 0 Å². The SMILES string of the molecule is Cc1cnc(CNCCS(=O)(=O)C(C)C)o1. The third kappa shape index (κ3) is 3.94. The van der Waals surface area contributed by atoms with Crippen molar-refractivity contribution in [2.45, 2.75) is 32.6 Å². The van der Waals surface area contributed by atoms with Crippen molar-refractivity contribution in [2.75, 3.05) is 12.3 Å². The zero-order valence-electron chi connectivity index (χ0n) is 9.86. The van der Waals surface area contributed by atoms with Gasteiger partial charge in [0.2, 0.25) is 5.89 Å². The van der Waals surface area contributed by atoms with E-state index in [1.54, 1.807) is 20.0 Å². The number of aryl methyl sites for hydroxylation is 1. The van der Waals surface area contributed by atoms with E-state index < -0.39 is 9.84 Å². The van der Waals surface area contributed by atoms with Crippen LogP contribution in [-0.2, 0) is 16.4 Å². The van der Waals surface area contributed by atoms with Crippen LogP contribution in [0.4, 0.5) is 0 Å². The van der Waals surface area contributed by atoms with Crippen molar-refractivity contribution in [3.8, 4) is 0 Å². The number of hydrogen-bond acceptors (Lipinski definition) is 5. The number of rotatable bonds is 6. The van der Waals surface area contributed by atoms with Gasteiger partial charge in [-0.15, -0.1) is 0 Å². The second kappa shape index (κ2) is 5.45. The van der Waals surface area contributed by atoms with E-state index in [1.165, 1.54) is 0 Å². The standard InChI is InChI=1S/C10H18N2O3S/c1-8(2)16(13,14)5-4-11-7-10-12-6-9(3)15-10/h6,8,11H,4-5,7H2,1-3H3. The van der Waals surface area contributed by atoms with Crippen LogP contribution in [0.5, 0.6) is 0 Å². The molecule has 5 nitrogen and oxygen atoms in total. The van der Waals surface area contributed by atoms with Crippen molar-refractivity contribution in [1.29, 1.82) is 0 Å². The van der Waals surface area contributed by atoms with Crippen molar-refractivity contribution in [2.24, 2.45) is 0 Å². The largest absolute Gasteiger partial charge is 0.445 e. The lowest BCUT2D eigenvalue weighted by Crippen LogP contribution is -2.27. The van der Waals surface area contributed by atoms with Crippen molar-refractivity contribution in [3.63, 3.8) is 0 Å². The van der Waals surface area contributed by atoms with Gasteiger partial charge in [0.1, 0.15) is 5.76 Å². The summed E-state index contributed by atoms with van der Waals surface area (Å²) in [6.45, 7) is 6.07. The molecule has 0 unspecified atom stereocenters. The van der Waals surface area contributed by atoms with Crippen LogP contribution in [0.3, 0.4) is 0 Å². The number of oxazole rings is 1. The summed E-state index contributed by atoms with van der Waals surface area (Å²) in [5.74, 6) is 1.48. The zero-order chi connectivity index (χ0) is 12.2. The molecule has 0 atom stereocenters. The normalized spacial score (nSPS) is 12.2. The molecule has 1 rings (SSSR count). The van der Waals surface area contributed by atoms with Crippen LogP contribution < -0.4 is 5.32 Å². The molecular weight excluding hydrogens is 228 g/mol. The first-order chi connectivity index (χ1) is 7.42. The van der Waals surface area contributed by atoms with E-state index in [1.807, 2.05) is 6.92 Å². The minimum Gasteiger partial charge on any atom is -0.445 e. The average Bonchev–Trinajstić information content (AvgIpc) is 2.59. The highest BCUT2D eigenvalue weighted by atomic mass is 32.2. The lowest BCUT2D eigenvalue weighted by Gasteiger charge is -2.07. The highest BCUT2D eigenvalue weighted by Crippen LogP contribution is 2.01. The van der Waals surface area contributed by atoms with Crippen molar-refractivity contribution < 1.29 is 12.8 Å². The molecule has 0 fully saturated rings. The number of nitrogens with zero attached hydrogens (tertiary/aromatic N) is 1. The molecule has 0 spiro atoms. The molecule has 6 heteroatoms. The third-order valence-electron chi connectivity index (χ3n) is 2.23. The van der Waals surface area contributed by atoms with Crippen molar-refractivity contribution in [3.05, 3.63) is 17.8 Å². The van der Waals surface area contributed by atoms with Gasteiger partial charge in [-0.25, -0.2) is 13.4 Å². The summed E-state index contributed by atoms with van der Waals surface area (Å²) in [4.78, 5) is 4.01. The Bertz CT molecular complexity index is 423. The molecule has 92 valence electrons. The second-order valence-electron chi connectivity index (χ2n) is 3.96. The highest BCUT2D eigenvalue weighted by Gasteiger charge is 2.15. The van der Waals surface area contributed by atoms with Crippen molar-refractivity contribution >= 4 is 9.84 Å². The molecule has 0 bridgehead atoms. The maximum Gasteiger partial charge on any atom is 0.208 e. The molecule has 1 aromatic rings. The minimum atomic E-state index is -2.96. The van der Waals surface area contributed by atoms with Gasteiger partial charge in [-0.05, 0) is 20.8 Å². The Morgan fingerprint density at radius 3 is 2.69 bits per heavy atom. The summed E-state index contributed by atoms with van der Waals surface area (Å²) in [6, 6.07) is 0. The maximum absolute atomic E-state index is 11.5. The number of sulfone groups is 1. The van der Waals surface area contributed by atoms with Crippen LogP contribution in [0, 0.1) is 6.92 Å². The van der Waals surface area contributed by atoms with E-state index in [2.05, 4.69) is 10.3 Å². The van der Waals surface area contributed by atoms with Gasteiger partial charge in [0.25, 0.3) is 0 Å². The highest BCUT2D eigenvalue weighted by molar-refractivity contribution is 7.92. The second-order valence-corrected chi connectivity index (χ2v) is 6.63. The quantitative estimate of drug-likeness (QED) is 0.755. The fourth-order valence-corrected chi connectivity index (χ4v) is 2.03. The van der Waals surface area contributed by atoms with Crippen molar-refractivity contribution in [1.82, 2.24) is 10.3 Å². The van der Waals surface area contributed by atoms with Crippen LogP contribution in [0.15, 0.2) is 10.6 Å². The van der Waals surface area contributed by atoms with Gasteiger partial charge in [-0.2, -0.15) is 0 Å². The topological polar surface area (TPSA) is 72.2 Å². The summed E-state index contributed by atoms with van der Waals surface area (Å²) in [6.07, 6.45) is 1.64.